The molecule has 5 radical (unpaired) electrons. The third-order valence-electron chi connectivity index (χ3n) is 1.36. The summed E-state index contributed by atoms with van der Waals surface area (Å²) in [6.45, 7) is 0. The maximum atomic E-state index is 10.1. The molecule has 1 fully saturated rings. The van der Waals surface area contributed by atoms with Gasteiger partial charge in [0.2, 0.25) is 0 Å². The predicted molar refractivity (Wildman–Crippen MR) is 37.3 cm³/mol. The normalized spacial score (nSPS) is 19.6. The Morgan fingerprint density at radius 1 is 1.40 bits per heavy atom. The second-order valence-electron chi connectivity index (χ2n) is 2.19. The van der Waals surface area contributed by atoms with Crippen LogP contribution in [-0.2, 0) is 4.79 Å². The lowest BCUT2D eigenvalue weighted by atomic mass is 10.0. The first kappa shape index (κ1) is 7.58. The van der Waals surface area contributed by atoms with E-state index in [1.165, 1.54) is 0 Å². The van der Waals surface area contributed by atoms with Crippen molar-refractivity contribution in [3.63, 3.8) is 0 Å². The second kappa shape index (κ2) is 3.59. The van der Waals surface area contributed by atoms with E-state index in [1.807, 2.05) is 25.7 Å². The van der Waals surface area contributed by atoms with Crippen molar-refractivity contribution in [1.29, 1.82) is 0 Å². The van der Waals surface area contributed by atoms with Crippen molar-refractivity contribution in [3.05, 3.63) is 31.6 Å². The zero-order valence-corrected chi connectivity index (χ0v) is 5.58. The molecule has 10 heavy (non-hydrogen) atoms. The Labute approximate surface area is 61.2 Å². The molecule has 2 nitrogen and oxygen atoms in total. The highest BCUT2D eigenvalue weighted by atomic mass is 16.4. The van der Waals surface area contributed by atoms with Gasteiger partial charge in [0.25, 0.3) is 0 Å². The molecule has 0 aliphatic heterocycles. The Balaban J connectivity index is 2.07. The molecule has 0 spiro atoms. The minimum atomic E-state index is -0.735. The lowest BCUT2D eigenvalue weighted by Crippen LogP contribution is -1.99. The fourth-order valence-corrected chi connectivity index (χ4v) is 0.832. The highest BCUT2D eigenvalue weighted by molar-refractivity contribution is 5.67. The van der Waals surface area contributed by atoms with Crippen LogP contribution in [-0.4, -0.2) is 11.1 Å². The Hall–Kier alpha value is -0.530. The summed E-state index contributed by atoms with van der Waals surface area (Å²) in [5, 5.41) is 8.31. The van der Waals surface area contributed by atoms with Gasteiger partial charge in [-0.3, -0.25) is 4.79 Å². The first-order chi connectivity index (χ1) is 4.79. The molecule has 0 aromatic heterocycles. The molecular weight excluding hydrogens is 128 g/mol. The summed E-state index contributed by atoms with van der Waals surface area (Å²) < 4.78 is 0. The summed E-state index contributed by atoms with van der Waals surface area (Å²) in [5.74, 6) is 0.364. The molecule has 1 rings (SSSR count). The van der Waals surface area contributed by atoms with Crippen molar-refractivity contribution in [2.24, 2.45) is 0 Å². The molecule has 1 aliphatic carbocycles. The van der Waals surface area contributed by atoms with Crippen LogP contribution in [0.1, 0.15) is 12.8 Å². The number of hydrogen-bond donors (Lipinski definition) is 1. The average molecular weight is 137 g/mol. The van der Waals surface area contributed by atoms with Crippen LogP contribution >= 0.6 is 0 Å². The van der Waals surface area contributed by atoms with E-state index in [0.717, 1.165) is 5.92 Å². The standard InChI is InChI=1S/C8H9O2/c9-8(10)6-5-7-3-1-2-4-7/h1-4H,5-6H2,(H,9,10). The van der Waals surface area contributed by atoms with Crippen LogP contribution in [0.3, 0.4) is 0 Å². The molecule has 1 N–H and O–H groups in total. The molecule has 0 heterocycles. The number of carboxylic acid groups (broad SMARTS) is 1. The minimum Gasteiger partial charge on any atom is -0.481 e. The van der Waals surface area contributed by atoms with Crippen LogP contribution in [0.5, 0.6) is 0 Å². The van der Waals surface area contributed by atoms with E-state index in [0.29, 0.717) is 6.42 Å². The number of carbonyl (C=O) groups is 1. The van der Waals surface area contributed by atoms with Gasteiger partial charge in [-0.25, -0.2) is 0 Å². The summed E-state index contributed by atoms with van der Waals surface area (Å²) >= 11 is 0. The van der Waals surface area contributed by atoms with Crippen LogP contribution in [0.25, 0.3) is 0 Å². The van der Waals surface area contributed by atoms with Gasteiger partial charge in [0.15, 0.2) is 0 Å². The number of hydrogen-bond acceptors (Lipinski definition) is 1. The predicted octanol–water partition coefficient (Wildman–Crippen LogP) is 1.26. The molecule has 0 aromatic rings. The Morgan fingerprint density at radius 3 is 2.50 bits per heavy atom. The first-order valence-electron chi connectivity index (χ1n) is 3.21. The highest BCUT2D eigenvalue weighted by Gasteiger charge is 2.17. The first-order valence-corrected chi connectivity index (χ1v) is 3.21. The Bertz CT molecular complexity index is 114. The zero-order valence-electron chi connectivity index (χ0n) is 5.58. The van der Waals surface area contributed by atoms with E-state index in [2.05, 4.69) is 0 Å². The van der Waals surface area contributed by atoms with Crippen LogP contribution in [0.15, 0.2) is 0 Å². The Kier molecular flexibility index (Phi) is 2.72. The zero-order chi connectivity index (χ0) is 7.40. The van der Waals surface area contributed by atoms with E-state index in [4.69, 9.17) is 5.11 Å². The Morgan fingerprint density at radius 2 is 2.00 bits per heavy atom. The molecule has 2 heteroatoms. The molecule has 1 saturated carbocycles. The fraction of sp³-hybridized carbons (Fsp3) is 0.250. The fourth-order valence-electron chi connectivity index (χ4n) is 0.832. The van der Waals surface area contributed by atoms with Crippen LogP contribution in [0, 0.1) is 31.6 Å². The quantitative estimate of drug-likeness (QED) is 0.635. The van der Waals surface area contributed by atoms with Crippen molar-refractivity contribution >= 4 is 5.97 Å². The summed E-state index contributed by atoms with van der Waals surface area (Å²) in [4.78, 5) is 10.1. The van der Waals surface area contributed by atoms with E-state index in [9.17, 15) is 4.79 Å². The van der Waals surface area contributed by atoms with Gasteiger partial charge in [0.05, 0.1) is 0 Å². The third kappa shape index (κ3) is 2.38. The largest absolute Gasteiger partial charge is 0.481 e. The van der Waals surface area contributed by atoms with Crippen molar-refractivity contribution in [1.82, 2.24) is 0 Å². The monoisotopic (exact) mass is 137 g/mol. The SMILES string of the molecule is O=C(O)CC[C]1[CH][CH][CH][CH]1. The molecule has 1 aliphatic rings. The lowest BCUT2D eigenvalue weighted by Gasteiger charge is -2.02. The molecule has 0 unspecified atom stereocenters. The van der Waals surface area contributed by atoms with Gasteiger partial charge in [-0.2, -0.15) is 0 Å². The molecular formula is C8H9O2. The minimum absolute atomic E-state index is 0.226. The van der Waals surface area contributed by atoms with Crippen LogP contribution < -0.4 is 0 Å². The van der Waals surface area contributed by atoms with Crippen molar-refractivity contribution in [3.8, 4) is 0 Å². The topological polar surface area (TPSA) is 37.3 Å². The average Bonchev–Trinajstić information content (AvgIpc) is 2.34. The molecule has 0 bridgehead atoms. The van der Waals surface area contributed by atoms with Crippen LogP contribution in [0.4, 0.5) is 0 Å². The van der Waals surface area contributed by atoms with E-state index in [-0.39, 0.29) is 6.42 Å². The summed E-state index contributed by atoms with van der Waals surface area (Å²) in [5.41, 5.74) is 0. The highest BCUT2D eigenvalue weighted by Crippen LogP contribution is 2.26. The van der Waals surface area contributed by atoms with E-state index in [1.54, 1.807) is 0 Å². The van der Waals surface area contributed by atoms with Gasteiger partial charge in [0, 0.05) is 6.42 Å². The van der Waals surface area contributed by atoms with Crippen molar-refractivity contribution in [2.45, 2.75) is 12.8 Å². The summed E-state index contributed by atoms with van der Waals surface area (Å²) in [6.07, 6.45) is 8.56. The maximum Gasteiger partial charge on any atom is 0.303 e. The van der Waals surface area contributed by atoms with Crippen molar-refractivity contribution in [2.75, 3.05) is 0 Å². The summed E-state index contributed by atoms with van der Waals surface area (Å²) in [6, 6.07) is 0. The summed E-state index contributed by atoms with van der Waals surface area (Å²) in [7, 11) is 0. The molecule has 0 amide bonds. The van der Waals surface area contributed by atoms with Gasteiger partial charge < -0.3 is 5.11 Å². The molecule has 0 atom stereocenters. The van der Waals surface area contributed by atoms with Crippen LogP contribution in [0.2, 0.25) is 0 Å². The lowest BCUT2D eigenvalue weighted by molar-refractivity contribution is -0.137. The van der Waals surface area contributed by atoms with E-state index < -0.39 is 5.97 Å². The van der Waals surface area contributed by atoms with E-state index >= 15 is 0 Å². The maximum absolute atomic E-state index is 10.1. The van der Waals surface area contributed by atoms with Gasteiger partial charge in [-0.1, -0.05) is 0 Å². The number of rotatable bonds is 3. The van der Waals surface area contributed by atoms with Gasteiger partial charge in [-0.15, -0.1) is 0 Å². The van der Waals surface area contributed by atoms with Gasteiger partial charge >= 0.3 is 5.97 Å². The number of aliphatic carboxylic acids is 1. The third-order valence-corrected chi connectivity index (χ3v) is 1.36. The van der Waals surface area contributed by atoms with Gasteiger partial charge in [-0.05, 0) is 38.0 Å². The number of carboxylic acids is 1. The molecule has 0 saturated heterocycles. The van der Waals surface area contributed by atoms with Crippen molar-refractivity contribution < 1.29 is 9.90 Å². The smallest absolute Gasteiger partial charge is 0.303 e. The molecule has 0 aromatic carbocycles. The second-order valence-corrected chi connectivity index (χ2v) is 2.19. The molecule has 53 valence electrons. The van der Waals surface area contributed by atoms with Gasteiger partial charge in [0.1, 0.15) is 0 Å².